The first-order valence-electron chi connectivity index (χ1n) is 8.14. The molecule has 2 N–H and O–H groups in total. The quantitative estimate of drug-likeness (QED) is 0.458. The van der Waals surface area contributed by atoms with Crippen LogP contribution in [0, 0.1) is 5.82 Å². The number of rotatable bonds is 3. The normalized spacial score (nSPS) is 15.0. The Morgan fingerprint density at radius 2 is 1.86 bits per heavy atom. The van der Waals surface area contributed by atoms with E-state index in [9.17, 15) is 22.4 Å². The molecule has 0 aromatic heterocycles. The average molecular weight is 410 g/mol. The molecule has 0 atom stereocenters. The lowest BCUT2D eigenvalue weighted by Crippen LogP contribution is -2.32. The zero-order chi connectivity index (χ0) is 20.5. The summed E-state index contributed by atoms with van der Waals surface area (Å²) in [6.45, 7) is 2.16. The molecule has 2 aromatic carbocycles. The fourth-order valence-corrected chi connectivity index (χ4v) is 2.88. The van der Waals surface area contributed by atoms with Gasteiger partial charge in [0.25, 0.3) is 5.91 Å². The van der Waals surface area contributed by atoms with Gasteiger partial charge in [0.1, 0.15) is 5.82 Å². The van der Waals surface area contributed by atoms with E-state index in [1.54, 1.807) is 6.92 Å². The number of alkyl halides is 3. The molecule has 5 nitrogen and oxygen atoms in total. The van der Waals surface area contributed by atoms with Gasteiger partial charge in [-0.2, -0.15) is 18.3 Å². The summed E-state index contributed by atoms with van der Waals surface area (Å²) >= 11 is 5.05. The molecule has 0 fully saturated rings. The largest absolute Gasteiger partial charge is 0.416 e. The van der Waals surface area contributed by atoms with E-state index >= 15 is 0 Å². The average Bonchev–Trinajstić information content (AvgIpc) is 2.89. The Kier molecular flexibility index (Phi) is 5.32. The van der Waals surface area contributed by atoms with Gasteiger partial charge in [-0.3, -0.25) is 10.2 Å². The van der Waals surface area contributed by atoms with Gasteiger partial charge in [-0.05, 0) is 61.6 Å². The van der Waals surface area contributed by atoms with Crippen molar-refractivity contribution in [3.05, 3.63) is 59.4 Å². The summed E-state index contributed by atoms with van der Waals surface area (Å²) in [6.07, 6.45) is -4.43. The SMILES string of the molecule is CCN1C(=O)/C(=N\NC(=S)Nc2ccc(C(F)(F)F)cc2)c2cc(F)ccc21. The Hall–Kier alpha value is -3.01. The number of hydrogen-bond acceptors (Lipinski definition) is 3. The van der Waals surface area contributed by atoms with Crippen LogP contribution in [0.15, 0.2) is 47.6 Å². The molecular formula is C18H14F4N4OS. The van der Waals surface area contributed by atoms with Crippen LogP contribution in [0.25, 0.3) is 0 Å². The van der Waals surface area contributed by atoms with Crippen LogP contribution >= 0.6 is 12.2 Å². The van der Waals surface area contributed by atoms with E-state index in [1.165, 1.54) is 35.2 Å². The molecule has 10 heteroatoms. The van der Waals surface area contributed by atoms with E-state index < -0.39 is 23.5 Å². The molecule has 0 bridgehead atoms. The second-order valence-electron chi connectivity index (χ2n) is 5.81. The van der Waals surface area contributed by atoms with Crippen molar-refractivity contribution in [1.82, 2.24) is 5.43 Å². The number of anilines is 2. The molecule has 1 aliphatic rings. The molecule has 2 aromatic rings. The second-order valence-corrected chi connectivity index (χ2v) is 6.22. The molecule has 3 rings (SSSR count). The van der Waals surface area contributed by atoms with Crippen molar-refractivity contribution in [3.8, 4) is 0 Å². The number of amides is 1. The standard InChI is InChI=1S/C18H14F4N4OS/c1-2-26-14-8-5-11(19)9-13(14)15(16(26)27)24-25-17(28)23-12-6-3-10(4-7-12)18(20,21)22/h3-9H,2H2,1H3,(H2,23,25,28)/b24-15-. The molecule has 28 heavy (non-hydrogen) atoms. The lowest BCUT2D eigenvalue weighted by molar-refractivity contribution is -0.137. The number of carbonyl (C=O) groups excluding carboxylic acids is 1. The molecular weight excluding hydrogens is 396 g/mol. The Morgan fingerprint density at radius 3 is 2.46 bits per heavy atom. The molecule has 146 valence electrons. The number of nitrogens with zero attached hydrogens (tertiary/aromatic N) is 2. The van der Waals surface area contributed by atoms with Gasteiger partial charge in [-0.1, -0.05) is 0 Å². The minimum absolute atomic E-state index is 0.00656. The highest BCUT2D eigenvalue weighted by atomic mass is 32.1. The third-order valence-corrected chi connectivity index (χ3v) is 4.20. The topological polar surface area (TPSA) is 56.7 Å². The summed E-state index contributed by atoms with van der Waals surface area (Å²) in [6, 6.07) is 8.21. The number of hydrazone groups is 1. The van der Waals surface area contributed by atoms with Crippen molar-refractivity contribution in [2.24, 2.45) is 5.10 Å². The fraction of sp³-hybridized carbons (Fsp3) is 0.167. The molecule has 0 saturated heterocycles. The van der Waals surface area contributed by atoms with Gasteiger partial charge < -0.3 is 10.2 Å². The molecule has 0 spiro atoms. The molecule has 0 aliphatic carbocycles. The molecule has 0 saturated carbocycles. The van der Waals surface area contributed by atoms with Crippen LogP contribution in [-0.2, 0) is 11.0 Å². The number of thiocarbonyl (C=S) groups is 1. The Morgan fingerprint density at radius 1 is 1.18 bits per heavy atom. The number of hydrogen-bond donors (Lipinski definition) is 2. The Labute approximate surface area is 163 Å². The van der Waals surface area contributed by atoms with Crippen LogP contribution in [-0.4, -0.2) is 23.3 Å². The van der Waals surface area contributed by atoms with Crippen LogP contribution in [0.1, 0.15) is 18.1 Å². The van der Waals surface area contributed by atoms with Gasteiger partial charge in [0, 0.05) is 17.8 Å². The smallest absolute Gasteiger partial charge is 0.331 e. The second kappa shape index (κ2) is 7.55. The van der Waals surface area contributed by atoms with Crippen LogP contribution in [0.2, 0.25) is 0 Å². The molecule has 0 unspecified atom stereocenters. The lowest BCUT2D eigenvalue weighted by atomic mass is 10.1. The highest BCUT2D eigenvalue weighted by Gasteiger charge is 2.33. The summed E-state index contributed by atoms with van der Waals surface area (Å²) in [5.74, 6) is -0.921. The van der Waals surface area contributed by atoms with Gasteiger partial charge in [0.15, 0.2) is 10.8 Å². The fourth-order valence-electron chi connectivity index (χ4n) is 2.72. The molecule has 1 aliphatic heterocycles. The zero-order valence-corrected chi connectivity index (χ0v) is 15.3. The van der Waals surface area contributed by atoms with E-state index in [2.05, 4.69) is 15.8 Å². The maximum absolute atomic E-state index is 13.6. The maximum Gasteiger partial charge on any atom is 0.416 e. The molecule has 1 amide bonds. The van der Waals surface area contributed by atoms with Crippen molar-refractivity contribution in [3.63, 3.8) is 0 Å². The number of halogens is 4. The van der Waals surface area contributed by atoms with E-state index in [4.69, 9.17) is 12.2 Å². The molecule has 1 heterocycles. The number of likely N-dealkylation sites (N-methyl/N-ethyl adjacent to an activating group) is 1. The van der Waals surface area contributed by atoms with Gasteiger partial charge in [0.2, 0.25) is 0 Å². The lowest BCUT2D eigenvalue weighted by Gasteiger charge is -2.13. The van der Waals surface area contributed by atoms with Crippen molar-refractivity contribution >= 4 is 40.3 Å². The molecule has 0 radical (unpaired) electrons. The monoisotopic (exact) mass is 410 g/mol. The van der Waals surface area contributed by atoms with Crippen molar-refractivity contribution < 1.29 is 22.4 Å². The predicted octanol–water partition coefficient (Wildman–Crippen LogP) is 3.90. The summed E-state index contributed by atoms with van der Waals surface area (Å²) in [7, 11) is 0. The van der Waals surface area contributed by atoms with Crippen LogP contribution in [0.5, 0.6) is 0 Å². The Bertz CT molecular complexity index is 957. The van der Waals surface area contributed by atoms with Gasteiger partial charge in [-0.15, -0.1) is 0 Å². The minimum atomic E-state index is -4.43. The summed E-state index contributed by atoms with van der Waals surface area (Å²) in [4.78, 5) is 13.9. The van der Waals surface area contributed by atoms with Crippen LogP contribution in [0.3, 0.4) is 0 Å². The minimum Gasteiger partial charge on any atom is -0.331 e. The first kappa shape index (κ1) is 19.7. The highest BCUT2D eigenvalue weighted by molar-refractivity contribution is 7.80. The number of nitrogens with one attached hydrogen (secondary N) is 2. The third-order valence-electron chi connectivity index (χ3n) is 4.01. The maximum atomic E-state index is 13.6. The van der Waals surface area contributed by atoms with Gasteiger partial charge >= 0.3 is 6.18 Å². The van der Waals surface area contributed by atoms with Gasteiger partial charge in [-0.25, -0.2) is 4.39 Å². The number of fused-ring (bicyclic) bond motifs is 1. The van der Waals surface area contributed by atoms with Crippen molar-refractivity contribution in [2.75, 3.05) is 16.8 Å². The van der Waals surface area contributed by atoms with Crippen LogP contribution in [0.4, 0.5) is 28.9 Å². The number of carbonyl (C=O) groups is 1. The van der Waals surface area contributed by atoms with E-state index in [0.717, 1.165) is 12.1 Å². The third kappa shape index (κ3) is 3.96. The van der Waals surface area contributed by atoms with Crippen LogP contribution < -0.4 is 15.6 Å². The van der Waals surface area contributed by atoms with Crippen molar-refractivity contribution in [2.45, 2.75) is 13.1 Å². The number of benzene rings is 2. The summed E-state index contributed by atoms with van der Waals surface area (Å²) in [5.41, 5.74) is 2.86. The summed E-state index contributed by atoms with van der Waals surface area (Å²) < 4.78 is 51.3. The highest BCUT2D eigenvalue weighted by Crippen LogP contribution is 2.30. The first-order chi connectivity index (χ1) is 13.2. The summed E-state index contributed by atoms with van der Waals surface area (Å²) in [5, 5.41) is 6.60. The van der Waals surface area contributed by atoms with Crippen molar-refractivity contribution in [1.29, 1.82) is 0 Å². The van der Waals surface area contributed by atoms with E-state index in [1.807, 2.05) is 0 Å². The Balaban J connectivity index is 1.74. The zero-order valence-electron chi connectivity index (χ0n) is 14.5. The predicted molar refractivity (Wildman–Crippen MR) is 102 cm³/mol. The van der Waals surface area contributed by atoms with E-state index in [0.29, 0.717) is 23.5 Å². The first-order valence-corrected chi connectivity index (χ1v) is 8.55. The van der Waals surface area contributed by atoms with E-state index in [-0.39, 0.29) is 10.8 Å². The van der Waals surface area contributed by atoms with Gasteiger partial charge in [0.05, 0.1) is 11.3 Å².